The molecule has 1 heterocycles. The van der Waals surface area contributed by atoms with E-state index in [0.717, 1.165) is 11.3 Å². The minimum Gasteiger partial charge on any atom is -0.487 e. The number of rotatable bonds is 6. The predicted octanol–water partition coefficient (Wildman–Crippen LogP) is 3.31. The first kappa shape index (κ1) is 14.8. The number of benzene rings is 1. The second kappa shape index (κ2) is 6.69. The minimum atomic E-state index is -0.432. The van der Waals surface area contributed by atoms with Gasteiger partial charge in [-0.3, -0.25) is 15.1 Å². The zero-order chi connectivity index (χ0) is 15.2. The fourth-order valence-corrected chi connectivity index (χ4v) is 2.01. The van der Waals surface area contributed by atoms with Crippen LogP contribution in [0.3, 0.4) is 0 Å². The molecule has 6 heteroatoms. The van der Waals surface area contributed by atoms with Crippen molar-refractivity contribution in [2.24, 2.45) is 0 Å². The van der Waals surface area contributed by atoms with Gasteiger partial charge in [-0.1, -0.05) is 12.1 Å². The molecule has 2 rings (SSSR count). The molecule has 0 saturated heterocycles. The van der Waals surface area contributed by atoms with Crippen molar-refractivity contribution in [2.45, 2.75) is 20.4 Å². The normalized spacial score (nSPS) is 10.2. The Kier molecular flexibility index (Phi) is 4.71. The highest BCUT2D eigenvalue weighted by atomic mass is 16.6. The van der Waals surface area contributed by atoms with Crippen molar-refractivity contribution in [1.29, 1.82) is 0 Å². The molecule has 0 fully saturated rings. The zero-order valence-electron chi connectivity index (χ0n) is 12.0. The molecule has 1 aromatic heterocycles. The van der Waals surface area contributed by atoms with Gasteiger partial charge in [0.15, 0.2) is 5.75 Å². The van der Waals surface area contributed by atoms with Crippen LogP contribution in [0.1, 0.15) is 18.2 Å². The molecule has 0 spiro atoms. The maximum absolute atomic E-state index is 11.3. The lowest BCUT2D eigenvalue weighted by Crippen LogP contribution is -2.07. The summed E-state index contributed by atoms with van der Waals surface area (Å²) in [7, 11) is 0. The number of nitro benzene ring substituents is 1. The number of nitrogens with zero attached hydrogens (tertiary/aromatic N) is 2. The molecule has 110 valence electrons. The van der Waals surface area contributed by atoms with Crippen LogP contribution >= 0.6 is 0 Å². The molecular formula is C15H17N3O3. The molecule has 0 saturated carbocycles. The summed E-state index contributed by atoms with van der Waals surface area (Å²) in [5, 5.41) is 14.3. The fraction of sp³-hybridized carbons (Fsp3) is 0.267. The van der Waals surface area contributed by atoms with E-state index in [1.54, 1.807) is 31.3 Å². The number of hydrogen-bond donors (Lipinski definition) is 1. The molecule has 1 aromatic carbocycles. The summed E-state index contributed by atoms with van der Waals surface area (Å²) in [5.74, 6) is 0.269. The van der Waals surface area contributed by atoms with E-state index in [1.807, 2.05) is 19.1 Å². The van der Waals surface area contributed by atoms with Gasteiger partial charge < -0.3 is 10.1 Å². The first-order valence-electron chi connectivity index (χ1n) is 6.68. The van der Waals surface area contributed by atoms with Gasteiger partial charge in [-0.2, -0.15) is 0 Å². The lowest BCUT2D eigenvalue weighted by atomic mass is 10.2. The highest BCUT2D eigenvalue weighted by Crippen LogP contribution is 2.34. The number of nitro groups is 1. The van der Waals surface area contributed by atoms with Crippen LogP contribution in [0.2, 0.25) is 0 Å². The van der Waals surface area contributed by atoms with E-state index in [4.69, 9.17) is 4.74 Å². The maximum Gasteiger partial charge on any atom is 0.333 e. The third kappa shape index (κ3) is 3.47. The molecule has 0 amide bonds. The van der Waals surface area contributed by atoms with Crippen molar-refractivity contribution >= 4 is 11.4 Å². The number of anilines is 1. The number of ether oxygens (including phenoxy) is 1. The van der Waals surface area contributed by atoms with E-state index in [0.29, 0.717) is 18.8 Å². The number of para-hydroxylation sites is 1. The Bertz CT molecular complexity index is 644. The molecule has 0 aliphatic heterocycles. The Morgan fingerprint density at radius 2 is 2.14 bits per heavy atom. The Balaban J connectivity index is 2.25. The average Bonchev–Trinajstić information content (AvgIpc) is 2.46. The van der Waals surface area contributed by atoms with Crippen molar-refractivity contribution in [1.82, 2.24) is 4.98 Å². The van der Waals surface area contributed by atoms with Gasteiger partial charge in [0, 0.05) is 6.20 Å². The Hall–Kier alpha value is -2.63. The van der Waals surface area contributed by atoms with Crippen molar-refractivity contribution in [3.63, 3.8) is 0 Å². The van der Waals surface area contributed by atoms with Crippen LogP contribution in [-0.4, -0.2) is 16.5 Å². The first-order valence-corrected chi connectivity index (χ1v) is 6.68. The van der Waals surface area contributed by atoms with Gasteiger partial charge in [0.2, 0.25) is 0 Å². The summed E-state index contributed by atoms with van der Waals surface area (Å²) < 4.78 is 5.32. The molecule has 0 unspecified atom stereocenters. The van der Waals surface area contributed by atoms with Gasteiger partial charge in [-0.25, -0.2) is 0 Å². The topological polar surface area (TPSA) is 77.3 Å². The number of aromatic nitrogens is 1. The number of pyridine rings is 1. The van der Waals surface area contributed by atoms with E-state index in [-0.39, 0.29) is 11.4 Å². The zero-order valence-corrected chi connectivity index (χ0v) is 12.0. The third-order valence-corrected chi connectivity index (χ3v) is 3.05. The van der Waals surface area contributed by atoms with Crippen LogP contribution in [0, 0.1) is 17.0 Å². The fourth-order valence-electron chi connectivity index (χ4n) is 2.01. The highest BCUT2D eigenvalue weighted by Gasteiger charge is 2.20. The van der Waals surface area contributed by atoms with Crippen LogP contribution < -0.4 is 10.1 Å². The summed E-state index contributed by atoms with van der Waals surface area (Å²) in [4.78, 5) is 15.1. The minimum absolute atomic E-state index is 0.0482. The molecule has 0 bridgehead atoms. The summed E-state index contributed by atoms with van der Waals surface area (Å²) in [6, 6.07) is 8.80. The molecule has 2 aromatic rings. The van der Waals surface area contributed by atoms with Gasteiger partial charge in [-0.05, 0) is 37.6 Å². The van der Waals surface area contributed by atoms with E-state index >= 15 is 0 Å². The van der Waals surface area contributed by atoms with Gasteiger partial charge in [-0.15, -0.1) is 0 Å². The number of hydrogen-bond acceptors (Lipinski definition) is 5. The van der Waals surface area contributed by atoms with Gasteiger partial charge >= 0.3 is 5.69 Å². The Morgan fingerprint density at radius 1 is 1.33 bits per heavy atom. The van der Waals surface area contributed by atoms with Crippen LogP contribution in [0.25, 0.3) is 0 Å². The molecule has 6 nitrogen and oxygen atoms in total. The highest BCUT2D eigenvalue weighted by molar-refractivity contribution is 5.68. The van der Waals surface area contributed by atoms with Gasteiger partial charge in [0.25, 0.3) is 0 Å². The maximum atomic E-state index is 11.3. The monoisotopic (exact) mass is 287 g/mol. The second-order valence-electron chi connectivity index (χ2n) is 4.46. The smallest absolute Gasteiger partial charge is 0.333 e. The molecule has 0 aliphatic carbocycles. The van der Waals surface area contributed by atoms with Crippen molar-refractivity contribution in [3.8, 4) is 5.75 Å². The lowest BCUT2D eigenvalue weighted by molar-refractivity contribution is -0.384. The molecule has 1 N–H and O–H groups in total. The van der Waals surface area contributed by atoms with Crippen molar-refractivity contribution in [3.05, 3.63) is 57.9 Å². The SMILES string of the molecule is CCOc1cccc(NCc2ncccc2C)c1[N+](=O)[O-]. The summed E-state index contributed by atoms with van der Waals surface area (Å²) in [6.07, 6.45) is 1.70. The predicted molar refractivity (Wildman–Crippen MR) is 80.6 cm³/mol. The summed E-state index contributed by atoms with van der Waals surface area (Å²) >= 11 is 0. The van der Waals surface area contributed by atoms with E-state index in [2.05, 4.69) is 10.3 Å². The summed E-state index contributed by atoms with van der Waals surface area (Å²) in [5.41, 5.74) is 2.27. The van der Waals surface area contributed by atoms with Gasteiger partial charge in [0.05, 0.1) is 23.8 Å². The van der Waals surface area contributed by atoms with Crippen molar-refractivity contribution < 1.29 is 9.66 Å². The first-order chi connectivity index (χ1) is 10.1. The van der Waals surface area contributed by atoms with Crippen LogP contribution in [0.5, 0.6) is 5.75 Å². The molecule has 0 radical (unpaired) electrons. The van der Waals surface area contributed by atoms with E-state index < -0.39 is 4.92 Å². The van der Waals surface area contributed by atoms with E-state index in [9.17, 15) is 10.1 Å². The quantitative estimate of drug-likeness (QED) is 0.651. The largest absolute Gasteiger partial charge is 0.487 e. The van der Waals surface area contributed by atoms with E-state index in [1.165, 1.54) is 0 Å². The number of nitrogens with one attached hydrogen (secondary N) is 1. The standard InChI is InChI=1S/C15H17N3O3/c1-3-21-14-8-4-7-12(15(14)18(19)20)17-10-13-11(2)6-5-9-16-13/h4-9,17H,3,10H2,1-2H3. The molecule has 21 heavy (non-hydrogen) atoms. The molecule has 0 atom stereocenters. The van der Waals surface area contributed by atoms with Gasteiger partial charge in [0.1, 0.15) is 5.69 Å². The van der Waals surface area contributed by atoms with Crippen LogP contribution in [0.4, 0.5) is 11.4 Å². The molecule has 0 aliphatic rings. The Morgan fingerprint density at radius 3 is 2.81 bits per heavy atom. The van der Waals surface area contributed by atoms with Crippen LogP contribution in [0.15, 0.2) is 36.5 Å². The van der Waals surface area contributed by atoms with Crippen LogP contribution in [-0.2, 0) is 6.54 Å². The van der Waals surface area contributed by atoms with Crippen molar-refractivity contribution in [2.75, 3.05) is 11.9 Å². The third-order valence-electron chi connectivity index (χ3n) is 3.05. The second-order valence-corrected chi connectivity index (χ2v) is 4.46. The summed E-state index contributed by atoms with van der Waals surface area (Å²) in [6.45, 7) is 4.54. The lowest BCUT2D eigenvalue weighted by Gasteiger charge is -2.11. The number of aryl methyl sites for hydroxylation is 1. The molecular weight excluding hydrogens is 270 g/mol. The Labute approximate surface area is 122 Å². The average molecular weight is 287 g/mol.